The number of hydrogen-bond acceptors (Lipinski definition) is 22. The number of amides is 1. The van der Waals surface area contributed by atoms with Crippen LogP contribution in [0.1, 0.15) is 63.1 Å². The predicted molar refractivity (Wildman–Crippen MR) is 416 cm³/mol. The van der Waals surface area contributed by atoms with Gasteiger partial charge in [-0.15, -0.1) is 0 Å². The van der Waals surface area contributed by atoms with Crippen LogP contribution in [-0.4, -0.2) is 211 Å². The molecule has 540 valence electrons. The molecule has 4 aromatic heterocycles. The second kappa shape index (κ2) is 33.1. The van der Waals surface area contributed by atoms with Crippen LogP contribution in [0, 0.1) is 0 Å². The number of anilines is 6. The van der Waals surface area contributed by atoms with Gasteiger partial charge in [0.05, 0.1) is 80.4 Å². The Morgan fingerprint density at radius 1 is 0.438 bits per heavy atom. The van der Waals surface area contributed by atoms with E-state index in [0.29, 0.717) is 63.9 Å². The number of benzene rings is 4. The van der Waals surface area contributed by atoms with Crippen LogP contribution in [0.4, 0.5) is 35.3 Å². The van der Waals surface area contributed by atoms with E-state index in [4.69, 9.17) is 59.1 Å². The Labute approximate surface area is 615 Å². The Hall–Kier alpha value is -10.4. The van der Waals surface area contributed by atoms with Gasteiger partial charge in [0.15, 0.2) is 0 Å². The molecule has 4 aromatic carbocycles. The molecule has 105 heavy (non-hydrogen) atoms. The summed E-state index contributed by atoms with van der Waals surface area (Å²) in [5.74, 6) is 7.35. The Bertz CT molecular complexity index is 4360. The maximum Gasteiger partial charge on any atom is 0.228 e. The number of aromatic nitrogens is 7. The number of carbonyl (C=O) groups excluding carboxylic acids is 1. The Morgan fingerprint density at radius 3 is 1.21 bits per heavy atom. The Kier molecular flexibility index (Phi) is 22.2. The summed E-state index contributed by atoms with van der Waals surface area (Å²) in [6, 6.07) is 54.4. The first-order valence-electron chi connectivity index (χ1n) is 37.0. The maximum absolute atomic E-state index is 12.2. The van der Waals surface area contributed by atoms with E-state index in [1.54, 1.807) is 21.3 Å². The highest BCUT2D eigenvalue weighted by Gasteiger charge is 2.36. The van der Waals surface area contributed by atoms with Crippen molar-refractivity contribution in [2.75, 3.05) is 150 Å². The standard InChI is InChI=1S/C29H32N6O.C28H31N7O.C25H30N6O2/c1-36-20-24-13-8-14-35(24)29-31-26(22-11-6-3-7-12-22)15-27(33-29)32-28-25-19-34(18-23(25)16-30-28)17-21-9-4-2-5-10-21;1-36-19-23-11-7-13-35(23)28-31-25(20-8-3-2-4-9-20)14-26(33-28)32-27-24-18-34(16-21(24)15-30-27)17-22-10-5-6-12-29-22;1-3-23(32)30-14-18-13-26-24(20(18)15-30)28-22-12-21(17-8-5-4-6-9-17)27-25(29-22)31-11-7-10-19(31)16-33-2/h2-7,9-12,15,24H,8,13-14,16-20H2,1H3,(H,30,31,32,33);2-6,8-10,12,14,23H,7,11,13,15-19H2,1H3,(H,30,31,32,33);4-6,8-9,12,19H,3,7,10-11,13-16H2,1-2H3,(H,26,27,28,29)/t24-;23-;19-/m000/s1. The van der Waals surface area contributed by atoms with Crippen molar-refractivity contribution in [3.05, 3.63) is 209 Å². The van der Waals surface area contributed by atoms with Crippen molar-refractivity contribution in [1.82, 2.24) is 49.6 Å². The molecule has 0 saturated carbocycles. The van der Waals surface area contributed by atoms with Gasteiger partial charge in [-0.2, -0.15) is 15.0 Å². The molecule has 3 N–H and O–H groups in total. The van der Waals surface area contributed by atoms with Crippen molar-refractivity contribution >= 4 is 58.7 Å². The quantitative estimate of drug-likeness (QED) is 0.0644. The van der Waals surface area contributed by atoms with Gasteiger partial charge in [-0.3, -0.25) is 34.6 Å². The van der Waals surface area contributed by atoms with E-state index in [2.05, 4.69) is 118 Å². The van der Waals surface area contributed by atoms with Crippen molar-refractivity contribution in [2.24, 2.45) is 15.0 Å². The number of pyridine rings is 1. The summed E-state index contributed by atoms with van der Waals surface area (Å²) >= 11 is 0. The minimum absolute atomic E-state index is 0.178. The average molecular weight is 1410 g/mol. The molecule has 0 unspecified atom stereocenters. The lowest BCUT2D eigenvalue weighted by molar-refractivity contribution is -0.129. The fourth-order valence-corrected chi connectivity index (χ4v) is 15.6. The first kappa shape index (κ1) is 70.2. The van der Waals surface area contributed by atoms with Crippen molar-refractivity contribution in [3.63, 3.8) is 0 Å². The second-order valence-electron chi connectivity index (χ2n) is 28.1. The third-order valence-corrected chi connectivity index (χ3v) is 20.8. The molecular weight excluding hydrogens is 1320 g/mol. The molecule has 1 amide bonds. The largest absolute Gasteiger partial charge is 0.383 e. The van der Waals surface area contributed by atoms with Gasteiger partial charge >= 0.3 is 0 Å². The summed E-state index contributed by atoms with van der Waals surface area (Å²) in [6.45, 7) is 15.6. The fourth-order valence-electron chi connectivity index (χ4n) is 15.6. The zero-order valence-electron chi connectivity index (χ0n) is 60.6. The highest BCUT2D eigenvalue weighted by molar-refractivity contribution is 6.12. The number of nitrogens with zero attached hydrogens (tertiary/aromatic N) is 16. The zero-order chi connectivity index (χ0) is 71.4. The molecule has 13 heterocycles. The molecule has 0 aliphatic carbocycles. The predicted octanol–water partition coefficient (Wildman–Crippen LogP) is 11.3. The van der Waals surface area contributed by atoms with Crippen LogP contribution < -0.4 is 30.7 Å². The molecule has 3 atom stereocenters. The first-order chi connectivity index (χ1) is 51.7. The van der Waals surface area contributed by atoms with Crippen molar-refractivity contribution < 1.29 is 19.0 Å². The fraction of sp³-hybridized carbons (Fsp3) is 0.378. The van der Waals surface area contributed by atoms with Crippen LogP contribution in [0.25, 0.3) is 33.8 Å². The van der Waals surface area contributed by atoms with Gasteiger partial charge in [-0.1, -0.05) is 134 Å². The number of nitrogens with one attached hydrogen (secondary N) is 3. The average Bonchev–Trinajstić information content (AvgIpc) is 1.68. The molecular formula is C82H93N19O4. The van der Waals surface area contributed by atoms with Gasteiger partial charge < -0.3 is 49.8 Å². The molecule has 23 nitrogen and oxygen atoms in total. The Balaban J connectivity index is 0.000000127. The van der Waals surface area contributed by atoms with Gasteiger partial charge in [-0.25, -0.2) is 15.0 Å². The summed E-state index contributed by atoms with van der Waals surface area (Å²) in [4.78, 5) is 74.4. The SMILES string of the molecule is CCC(=O)N1CC2=C(C1)C(Nc1cc(-c3ccccc3)nc(N3CCC[C@H]3COC)n1)=NC2.COC[C@@H]1CCCN1c1nc(NC2=NCC3=C2CN(Cc2ccccc2)C3)cc(-c2ccccc2)n1.COC[C@@H]1CCCN1c1nc(NC2=NCC3=C2CN(Cc2ccccn2)C3)cc(-c2ccccc2)n1. The lowest BCUT2D eigenvalue weighted by Crippen LogP contribution is -2.34. The Morgan fingerprint density at radius 2 is 0.819 bits per heavy atom. The molecule has 23 heteroatoms. The molecule has 8 aromatic rings. The number of methoxy groups -OCH3 is 3. The lowest BCUT2D eigenvalue weighted by atomic mass is 10.1. The molecule has 3 fully saturated rings. The van der Waals surface area contributed by atoms with Crippen molar-refractivity contribution in [2.45, 2.75) is 83.1 Å². The van der Waals surface area contributed by atoms with E-state index in [1.807, 2.05) is 103 Å². The number of hydrogen-bond donors (Lipinski definition) is 3. The maximum atomic E-state index is 12.2. The third kappa shape index (κ3) is 16.6. The van der Waals surface area contributed by atoms with Crippen LogP contribution >= 0.6 is 0 Å². The zero-order valence-corrected chi connectivity index (χ0v) is 60.6. The van der Waals surface area contributed by atoms with E-state index in [-0.39, 0.29) is 11.9 Å². The van der Waals surface area contributed by atoms with Crippen LogP contribution in [0.5, 0.6) is 0 Å². The highest BCUT2D eigenvalue weighted by atomic mass is 16.5. The molecule has 0 spiro atoms. The van der Waals surface area contributed by atoms with Gasteiger partial charge in [-0.05, 0) is 72.9 Å². The number of ether oxygens (including phenoxy) is 3. The van der Waals surface area contributed by atoms with Crippen molar-refractivity contribution in [1.29, 1.82) is 0 Å². The number of rotatable bonds is 20. The molecule has 0 bridgehead atoms. The van der Waals surface area contributed by atoms with Crippen LogP contribution in [0.3, 0.4) is 0 Å². The van der Waals surface area contributed by atoms with Crippen LogP contribution in [-0.2, 0) is 32.1 Å². The van der Waals surface area contributed by atoms with E-state index in [1.165, 1.54) is 33.4 Å². The van der Waals surface area contributed by atoms with Gasteiger partial charge in [0.25, 0.3) is 0 Å². The minimum Gasteiger partial charge on any atom is -0.383 e. The second-order valence-corrected chi connectivity index (χ2v) is 28.1. The topological polar surface area (TPSA) is 228 Å². The third-order valence-electron chi connectivity index (χ3n) is 20.8. The smallest absolute Gasteiger partial charge is 0.228 e. The summed E-state index contributed by atoms with van der Waals surface area (Å²) in [6.07, 6.45) is 8.96. The molecule has 9 aliphatic heterocycles. The van der Waals surface area contributed by atoms with E-state index < -0.39 is 0 Å². The van der Waals surface area contributed by atoms with Gasteiger partial charge in [0.2, 0.25) is 23.8 Å². The van der Waals surface area contributed by atoms with E-state index in [0.717, 1.165) is 202 Å². The summed E-state index contributed by atoms with van der Waals surface area (Å²) < 4.78 is 16.4. The van der Waals surface area contributed by atoms with E-state index in [9.17, 15) is 4.79 Å². The first-order valence-corrected chi connectivity index (χ1v) is 37.0. The van der Waals surface area contributed by atoms with Crippen LogP contribution in [0.15, 0.2) is 212 Å². The molecule has 3 saturated heterocycles. The minimum atomic E-state index is 0.178. The monoisotopic (exact) mass is 1410 g/mol. The number of carbonyl (C=O) groups is 1. The molecule has 0 radical (unpaired) electrons. The highest BCUT2D eigenvalue weighted by Crippen LogP contribution is 2.35. The van der Waals surface area contributed by atoms with Crippen LogP contribution in [0.2, 0.25) is 0 Å². The van der Waals surface area contributed by atoms with Gasteiger partial charge in [0.1, 0.15) is 35.0 Å². The van der Waals surface area contributed by atoms with Gasteiger partial charge in [0, 0.05) is 158 Å². The van der Waals surface area contributed by atoms with E-state index >= 15 is 0 Å². The summed E-state index contributed by atoms with van der Waals surface area (Å²) in [7, 11) is 5.26. The number of aliphatic imine (C=N–C) groups is 3. The lowest BCUT2D eigenvalue weighted by Gasteiger charge is -2.25. The number of amidine groups is 3. The normalized spacial score (nSPS) is 19.7. The molecule has 17 rings (SSSR count). The summed E-state index contributed by atoms with van der Waals surface area (Å²) in [5, 5.41) is 10.6. The summed E-state index contributed by atoms with van der Waals surface area (Å²) in [5.41, 5.74) is 16.0. The molecule has 9 aliphatic rings. The van der Waals surface area contributed by atoms with Crippen molar-refractivity contribution in [3.8, 4) is 33.8 Å².